The van der Waals surface area contributed by atoms with Crippen LogP contribution in [0.15, 0.2) is 0 Å². The maximum absolute atomic E-state index is 10.5. The van der Waals surface area contributed by atoms with Gasteiger partial charge in [-0.05, 0) is 27.7 Å². The first-order valence-corrected chi connectivity index (χ1v) is 13.4. The van der Waals surface area contributed by atoms with Crippen LogP contribution >= 0.6 is 0 Å². The van der Waals surface area contributed by atoms with Crippen LogP contribution in [0.2, 0.25) is 0 Å². The molecule has 3 saturated heterocycles. The Labute approximate surface area is 237 Å². The van der Waals surface area contributed by atoms with Crippen molar-refractivity contribution in [1.29, 1.82) is 0 Å². The van der Waals surface area contributed by atoms with Crippen LogP contribution in [0.25, 0.3) is 0 Å². The highest BCUT2D eigenvalue weighted by atomic mass is 16.7. The summed E-state index contributed by atoms with van der Waals surface area (Å²) in [6.45, 7) is 5.29. The van der Waals surface area contributed by atoms with E-state index in [0.29, 0.717) is 0 Å². The summed E-state index contributed by atoms with van der Waals surface area (Å²) in [6.07, 6.45) is -20.7. The fourth-order valence-electron chi connectivity index (χ4n) is 4.49. The van der Waals surface area contributed by atoms with Crippen LogP contribution in [0, 0.1) is 0 Å². The molecule has 3 aliphatic rings. The van der Waals surface area contributed by atoms with Crippen molar-refractivity contribution in [2.24, 2.45) is 0 Å². The van der Waals surface area contributed by atoms with E-state index in [9.17, 15) is 30.6 Å². The zero-order chi connectivity index (χ0) is 31.2. The van der Waals surface area contributed by atoms with E-state index in [1.165, 1.54) is 0 Å². The van der Waals surface area contributed by atoms with Gasteiger partial charge in [0.2, 0.25) is 0 Å². The van der Waals surface area contributed by atoms with Crippen LogP contribution < -0.4 is 0 Å². The number of aliphatic hydroxyl groups excluding tert-OH is 11. The third-order valence-electron chi connectivity index (χ3n) is 6.64. The molecule has 0 bridgehead atoms. The summed E-state index contributed by atoms with van der Waals surface area (Å²) in [5.74, 6) is 0. The minimum absolute atomic E-state index is 0.294. The molecule has 0 radical (unpaired) electrons. The van der Waals surface area contributed by atoms with Crippen LogP contribution in [-0.2, 0) is 28.4 Å². The topological polar surface area (TPSA) is 278 Å². The van der Waals surface area contributed by atoms with Crippen LogP contribution in [0.4, 0.5) is 0 Å². The fourth-order valence-corrected chi connectivity index (χ4v) is 4.49. The van der Waals surface area contributed by atoms with E-state index in [1.807, 2.05) is 0 Å². The van der Waals surface area contributed by atoms with Crippen molar-refractivity contribution in [1.82, 2.24) is 0 Å². The Kier molecular flexibility index (Phi) is 14.6. The first-order valence-electron chi connectivity index (χ1n) is 13.4. The van der Waals surface area contributed by atoms with Crippen molar-refractivity contribution in [3.63, 3.8) is 0 Å². The highest BCUT2D eigenvalue weighted by molar-refractivity contribution is 4.95. The van der Waals surface area contributed by atoms with E-state index in [1.54, 1.807) is 27.7 Å². The minimum atomic E-state index is -1.57. The second-order valence-corrected chi connectivity index (χ2v) is 10.6. The summed E-state index contributed by atoms with van der Waals surface area (Å²) < 4.78 is 32.1. The summed E-state index contributed by atoms with van der Waals surface area (Å²) in [5.41, 5.74) is 0. The molecule has 0 aromatic heterocycles. The second-order valence-electron chi connectivity index (χ2n) is 10.6. The van der Waals surface area contributed by atoms with Crippen molar-refractivity contribution in [2.75, 3.05) is 19.8 Å². The molecular weight excluding hydrogens is 560 g/mol. The van der Waals surface area contributed by atoms with Gasteiger partial charge in [0.15, 0.2) is 18.9 Å². The summed E-state index contributed by atoms with van der Waals surface area (Å²) in [6, 6.07) is 0. The summed E-state index contributed by atoms with van der Waals surface area (Å²) in [4.78, 5) is 0. The van der Waals surface area contributed by atoms with Gasteiger partial charge >= 0.3 is 0 Å². The molecule has 41 heavy (non-hydrogen) atoms. The van der Waals surface area contributed by atoms with Gasteiger partial charge in [0, 0.05) is 0 Å². The summed E-state index contributed by atoms with van der Waals surface area (Å²) >= 11 is 0. The van der Waals surface area contributed by atoms with Crippen LogP contribution in [-0.4, -0.2) is 180 Å². The Morgan fingerprint density at radius 2 is 0.951 bits per heavy atom. The summed E-state index contributed by atoms with van der Waals surface area (Å²) in [7, 11) is 0. The van der Waals surface area contributed by atoms with Gasteiger partial charge < -0.3 is 84.6 Å². The van der Waals surface area contributed by atoms with Crippen molar-refractivity contribution >= 4 is 0 Å². The Morgan fingerprint density at radius 3 is 1.46 bits per heavy atom. The van der Waals surface area contributed by atoms with Gasteiger partial charge in [-0.3, -0.25) is 0 Å². The quantitative estimate of drug-likeness (QED) is 0.117. The smallest absolute Gasteiger partial charge is 0.187 e. The molecule has 0 amide bonds. The first-order chi connectivity index (χ1) is 19.2. The van der Waals surface area contributed by atoms with Gasteiger partial charge in [-0.2, -0.15) is 0 Å². The van der Waals surface area contributed by atoms with Crippen molar-refractivity contribution in [2.45, 2.75) is 132 Å². The molecule has 0 aliphatic carbocycles. The van der Waals surface area contributed by atoms with Gasteiger partial charge in [-0.15, -0.1) is 0 Å². The normalized spacial score (nSPS) is 45.4. The molecule has 15 atom stereocenters. The molecule has 0 spiro atoms. The van der Waals surface area contributed by atoms with Gasteiger partial charge in [0.05, 0.1) is 32.0 Å². The van der Waals surface area contributed by atoms with Crippen molar-refractivity contribution in [3.05, 3.63) is 0 Å². The SMILES string of the molecule is CC(C)OC1OC(CO)C(OC2OC(CO)C(OC(C)C)C(O)C2O)C(O)C1O.OCC1OC(O)C(O)C(O)C1O. The predicted molar refractivity (Wildman–Crippen MR) is 133 cm³/mol. The Bertz CT molecular complexity index is 736. The molecule has 3 rings (SSSR count). The highest BCUT2D eigenvalue weighted by Crippen LogP contribution is 2.31. The van der Waals surface area contributed by atoms with E-state index in [4.69, 9.17) is 49.2 Å². The average Bonchev–Trinajstić information content (AvgIpc) is 2.92. The highest BCUT2D eigenvalue weighted by Gasteiger charge is 2.51. The second kappa shape index (κ2) is 16.4. The van der Waals surface area contributed by atoms with Gasteiger partial charge in [0.1, 0.15) is 73.2 Å². The molecule has 0 aromatic rings. The molecule has 244 valence electrons. The molecular formula is C24H46O17. The fraction of sp³-hybridized carbons (Fsp3) is 1.00. The Morgan fingerprint density at radius 1 is 0.488 bits per heavy atom. The maximum atomic E-state index is 10.5. The minimum Gasteiger partial charge on any atom is -0.394 e. The van der Waals surface area contributed by atoms with Crippen LogP contribution in [0.3, 0.4) is 0 Å². The standard InChI is InChI=1S/C18H34O11.C6H12O6/c1-7(2)25-15-9(5-19)28-18(14(24)11(15)21)29-16-10(6-20)27-17(26-8(3)4)13(23)12(16)22;7-1-2-3(8)4(9)5(10)6(11)12-2/h7-24H,5-6H2,1-4H3;2-11H,1H2. The number of rotatable bonds is 9. The largest absolute Gasteiger partial charge is 0.394 e. The number of hydrogen-bond donors (Lipinski definition) is 11. The molecule has 3 fully saturated rings. The Balaban J connectivity index is 0.000000408. The lowest BCUT2D eigenvalue weighted by molar-refractivity contribution is -0.364. The zero-order valence-electron chi connectivity index (χ0n) is 23.3. The molecule has 0 aromatic carbocycles. The van der Waals surface area contributed by atoms with Gasteiger partial charge in [-0.1, -0.05) is 0 Å². The van der Waals surface area contributed by atoms with Crippen LogP contribution in [0.1, 0.15) is 27.7 Å². The number of ether oxygens (including phenoxy) is 6. The van der Waals surface area contributed by atoms with Gasteiger partial charge in [0.25, 0.3) is 0 Å². The lowest BCUT2D eigenvalue weighted by Gasteiger charge is -2.47. The van der Waals surface area contributed by atoms with E-state index < -0.39 is 112 Å². The molecule has 15 unspecified atom stereocenters. The first kappa shape index (κ1) is 36.5. The zero-order valence-corrected chi connectivity index (χ0v) is 23.3. The molecule has 17 nitrogen and oxygen atoms in total. The van der Waals surface area contributed by atoms with Gasteiger partial charge in [-0.25, -0.2) is 0 Å². The van der Waals surface area contributed by atoms with E-state index >= 15 is 0 Å². The number of hydrogen-bond acceptors (Lipinski definition) is 17. The lowest BCUT2D eigenvalue weighted by atomic mass is 9.96. The molecule has 11 N–H and O–H groups in total. The third-order valence-corrected chi connectivity index (χ3v) is 6.64. The third kappa shape index (κ3) is 9.16. The average molecular weight is 607 g/mol. The maximum Gasteiger partial charge on any atom is 0.187 e. The predicted octanol–water partition coefficient (Wildman–Crippen LogP) is -5.75. The van der Waals surface area contributed by atoms with Crippen molar-refractivity contribution < 1.29 is 84.6 Å². The molecule has 3 heterocycles. The molecule has 17 heteroatoms. The number of aliphatic hydroxyl groups is 11. The van der Waals surface area contributed by atoms with E-state index in [2.05, 4.69) is 4.74 Å². The Hall–Kier alpha value is -0.680. The summed E-state index contributed by atoms with van der Waals surface area (Å²) in [5, 5.41) is 105. The lowest BCUT2D eigenvalue weighted by Crippen LogP contribution is -2.65. The monoisotopic (exact) mass is 606 g/mol. The van der Waals surface area contributed by atoms with E-state index in [0.717, 1.165) is 0 Å². The molecule has 3 aliphatic heterocycles. The van der Waals surface area contributed by atoms with E-state index in [-0.39, 0.29) is 12.2 Å². The molecule has 0 saturated carbocycles. The van der Waals surface area contributed by atoms with Crippen LogP contribution in [0.5, 0.6) is 0 Å². The van der Waals surface area contributed by atoms with Crippen molar-refractivity contribution in [3.8, 4) is 0 Å².